The smallest absolute Gasteiger partial charge is 2.00 e. The van der Waals surface area contributed by atoms with Gasteiger partial charge in [-0.3, -0.25) is 0 Å². The quantitative estimate of drug-likeness (QED) is 0.404. The van der Waals surface area contributed by atoms with E-state index in [2.05, 4.69) is 0 Å². The van der Waals surface area contributed by atoms with E-state index in [-0.39, 0.29) is 135 Å². The molecule has 0 saturated carbocycles. The maximum absolute atomic E-state index is 0. The van der Waals surface area contributed by atoms with Crippen LogP contribution in [0.15, 0.2) is 0 Å². The Balaban J connectivity index is 0. The molecule has 0 atom stereocenters. The van der Waals surface area contributed by atoms with Gasteiger partial charge in [0.25, 0.3) is 0 Å². The Morgan fingerprint density at radius 1 is 0.429 bits per heavy atom. The van der Waals surface area contributed by atoms with Crippen molar-refractivity contribution in [2.45, 2.75) is 0 Å². The molecule has 0 aromatic carbocycles. The van der Waals surface area contributed by atoms with Crippen LogP contribution >= 0.6 is 0 Å². The molecule has 0 aliphatic rings. The van der Waals surface area contributed by atoms with Crippen molar-refractivity contribution in [2.24, 2.45) is 0 Å². The van der Waals surface area contributed by atoms with Gasteiger partial charge >= 0.3 is 83.5 Å². The summed E-state index contributed by atoms with van der Waals surface area (Å²) in [6.07, 6.45) is 0. The molecule has 0 fully saturated rings. The van der Waals surface area contributed by atoms with Crippen molar-refractivity contribution in [3.8, 4) is 0 Å². The fourth-order valence-electron chi connectivity index (χ4n) is 0. The second-order valence-electron chi connectivity index (χ2n) is 0. The summed E-state index contributed by atoms with van der Waals surface area (Å²) in [7, 11) is 0. The van der Waals surface area contributed by atoms with Gasteiger partial charge in [0, 0.05) is 0 Å². The van der Waals surface area contributed by atoms with Gasteiger partial charge in [0.05, 0.1) is 0 Å². The van der Waals surface area contributed by atoms with Gasteiger partial charge in [-0.05, 0) is 0 Å². The summed E-state index contributed by atoms with van der Waals surface area (Å²) in [5.74, 6) is 0. The van der Waals surface area contributed by atoms with Crippen LogP contribution in [0, 0.1) is 83.5 Å². The van der Waals surface area contributed by atoms with Crippen molar-refractivity contribution >= 4 is 34.7 Å². The zero-order valence-corrected chi connectivity index (χ0v) is 8.50. The van der Waals surface area contributed by atoms with Crippen molar-refractivity contribution < 1.29 is 99.9 Å². The van der Waals surface area contributed by atoms with E-state index in [0.29, 0.717) is 0 Å². The molecule has 3 nitrogen and oxygen atoms in total. The van der Waals surface area contributed by atoms with Crippen LogP contribution < -0.4 is 0 Å². The predicted octanol–water partition coefficient (Wildman–Crippen LogP) is -2.72. The molecule has 0 heterocycles. The van der Waals surface area contributed by atoms with E-state index in [1.807, 2.05) is 0 Å². The molecule has 0 aliphatic heterocycles. The number of hydrogen-bond donors (Lipinski definition) is 0. The van der Waals surface area contributed by atoms with Gasteiger partial charge in [-0.25, -0.2) is 0 Å². The maximum Gasteiger partial charge on any atom is 3.00 e. The maximum atomic E-state index is 0. The van der Waals surface area contributed by atoms with Gasteiger partial charge in [-0.1, -0.05) is 0 Å². The molecule has 0 amide bonds. The van der Waals surface area contributed by atoms with Gasteiger partial charge in [0.15, 0.2) is 34.7 Å². The third-order valence-electron chi connectivity index (χ3n) is 0. The molecule has 0 unspecified atom stereocenters. The second-order valence-corrected chi connectivity index (χ2v) is 0. The summed E-state index contributed by atoms with van der Waals surface area (Å²) in [6.45, 7) is 0. The molecule has 0 N–H and O–H groups in total. The number of rotatable bonds is 0. The zero-order valence-electron chi connectivity index (χ0n) is 2.22. The Hall–Kier alpha value is 3.70. The molecule has 7 heteroatoms. The average molecular weight is 388 g/mol. The van der Waals surface area contributed by atoms with Gasteiger partial charge in [-0.2, -0.15) is 0 Å². The van der Waals surface area contributed by atoms with Crippen LogP contribution in [0.5, 0.6) is 0 Å². The van der Waals surface area contributed by atoms with Crippen LogP contribution in [0.1, 0.15) is 0 Å². The Bertz CT molecular complexity index is 10.9. The van der Waals surface area contributed by atoms with Crippen LogP contribution in [-0.2, 0) is 16.4 Å². The minimum absolute atomic E-state index is 0. The first-order valence-electron chi connectivity index (χ1n) is 0. The van der Waals surface area contributed by atoms with Gasteiger partial charge in [0.2, 0.25) is 0 Å². The van der Waals surface area contributed by atoms with Crippen LogP contribution in [0.3, 0.4) is 0 Å². The van der Waals surface area contributed by atoms with Crippen molar-refractivity contribution in [3.05, 3.63) is 0 Å². The molecule has 0 spiro atoms. The topological polar surface area (TPSA) is 85.5 Å². The van der Waals surface area contributed by atoms with E-state index < -0.39 is 0 Å². The molecule has 0 aromatic rings. The molecule has 38 valence electrons. The molecule has 0 rings (SSSR count). The number of hydrogen-bond acceptors (Lipinski definition) is 0. The molecule has 0 aliphatic carbocycles. The van der Waals surface area contributed by atoms with E-state index in [1.54, 1.807) is 0 Å². The summed E-state index contributed by atoms with van der Waals surface area (Å²) in [5.41, 5.74) is 0. The molecular formula is H6Al2Ce2O3. The summed E-state index contributed by atoms with van der Waals surface area (Å²) in [4.78, 5) is 0. The summed E-state index contributed by atoms with van der Waals surface area (Å²) >= 11 is 0. The monoisotopic (exact) mass is 388 g/mol. The Labute approximate surface area is 131 Å². The average Bonchev–Trinajstić information content (AvgIpc) is 0. The zero-order chi connectivity index (χ0) is 0. The summed E-state index contributed by atoms with van der Waals surface area (Å²) in [6, 6.07) is 0. The first kappa shape index (κ1) is 73.6. The van der Waals surface area contributed by atoms with Crippen molar-refractivity contribution in [2.75, 3.05) is 0 Å². The standard InChI is InChI=1S/2Al.2Ce.3O.6H/q;;2*+3;3*-2;;;;;;. The third kappa shape index (κ3) is 42.0. The first-order valence-corrected chi connectivity index (χ1v) is 0. The van der Waals surface area contributed by atoms with E-state index in [4.69, 9.17) is 0 Å². The second kappa shape index (κ2) is 53.7. The molecular weight excluding hydrogens is 382 g/mol. The van der Waals surface area contributed by atoms with Gasteiger partial charge in [-0.15, -0.1) is 0 Å². The van der Waals surface area contributed by atoms with Crippen molar-refractivity contribution in [3.63, 3.8) is 0 Å². The minimum atomic E-state index is 0. The fraction of sp³-hybridized carbons (Fsp3) is 0. The largest absolute Gasteiger partial charge is 3.00 e. The molecule has 0 saturated heterocycles. The fourth-order valence-corrected chi connectivity index (χ4v) is 0. The normalized spacial score (nSPS) is 0. The van der Waals surface area contributed by atoms with Crippen LogP contribution in [0.25, 0.3) is 0 Å². The van der Waals surface area contributed by atoms with Crippen LogP contribution in [0.4, 0.5) is 0 Å². The third-order valence-corrected chi connectivity index (χ3v) is 0. The van der Waals surface area contributed by atoms with Crippen molar-refractivity contribution in [1.82, 2.24) is 0 Å². The predicted molar refractivity (Wildman–Crippen MR) is 21.9 cm³/mol. The van der Waals surface area contributed by atoms with Crippen LogP contribution in [0.2, 0.25) is 0 Å². The van der Waals surface area contributed by atoms with E-state index in [0.717, 1.165) is 0 Å². The van der Waals surface area contributed by atoms with E-state index in [9.17, 15) is 0 Å². The molecule has 7 heavy (non-hydrogen) atoms. The van der Waals surface area contributed by atoms with E-state index >= 15 is 0 Å². The van der Waals surface area contributed by atoms with Gasteiger partial charge in [0.1, 0.15) is 0 Å². The van der Waals surface area contributed by atoms with Crippen molar-refractivity contribution in [1.29, 1.82) is 0 Å². The summed E-state index contributed by atoms with van der Waals surface area (Å²) < 4.78 is 0. The van der Waals surface area contributed by atoms with E-state index in [1.165, 1.54) is 0 Å². The molecule has 0 aromatic heterocycles. The van der Waals surface area contributed by atoms with Crippen LogP contribution in [-0.4, -0.2) is 34.7 Å². The first-order chi connectivity index (χ1) is 0. The SMILES string of the molecule is [AlH3].[AlH3].[Ce+3].[Ce+3].[O-2].[O-2].[O-2]. The Morgan fingerprint density at radius 2 is 0.429 bits per heavy atom. The summed E-state index contributed by atoms with van der Waals surface area (Å²) in [5, 5.41) is 0. The Morgan fingerprint density at radius 3 is 0.429 bits per heavy atom. The molecule has 2 radical (unpaired) electrons. The molecule has 0 bridgehead atoms. The Kier molecular flexibility index (Phi) is 564. The minimum Gasteiger partial charge on any atom is -2.00 e. The van der Waals surface area contributed by atoms with Gasteiger partial charge < -0.3 is 16.4 Å².